The van der Waals surface area contributed by atoms with E-state index in [2.05, 4.69) is 41.5 Å². The molecule has 24 heavy (non-hydrogen) atoms. The first-order chi connectivity index (χ1) is 11.6. The van der Waals surface area contributed by atoms with E-state index < -0.39 is 0 Å². The average Bonchev–Trinajstić information content (AvgIpc) is 2.56. The van der Waals surface area contributed by atoms with E-state index in [1.54, 1.807) is 13.3 Å². The fraction of sp³-hybridized carbons (Fsp3) is 0.200. The van der Waals surface area contributed by atoms with Crippen molar-refractivity contribution in [2.75, 3.05) is 12.5 Å². The second kappa shape index (κ2) is 6.71. The smallest absolute Gasteiger partial charge is 0.118 e. The largest absolute Gasteiger partial charge is 0.497 e. The van der Waals surface area contributed by atoms with Gasteiger partial charge in [-0.25, -0.2) is 0 Å². The maximum atomic E-state index is 5.16. The molecule has 0 aliphatic carbocycles. The van der Waals surface area contributed by atoms with Crippen LogP contribution in [0.3, 0.4) is 0 Å². The number of hydrazone groups is 1. The lowest BCUT2D eigenvalue weighted by Crippen LogP contribution is -1.96. The Kier molecular flexibility index (Phi) is 4.47. The fourth-order valence-corrected chi connectivity index (χ4v) is 2.77. The summed E-state index contributed by atoms with van der Waals surface area (Å²) < 4.78 is 5.16. The van der Waals surface area contributed by atoms with Crippen LogP contribution in [0.5, 0.6) is 5.75 Å². The van der Waals surface area contributed by atoms with Gasteiger partial charge in [-0.3, -0.25) is 10.4 Å². The number of nitrogens with zero attached hydrogens (tertiary/aromatic N) is 2. The molecule has 3 aromatic rings. The highest BCUT2D eigenvalue weighted by Crippen LogP contribution is 2.27. The van der Waals surface area contributed by atoms with E-state index in [0.717, 1.165) is 33.6 Å². The lowest BCUT2D eigenvalue weighted by molar-refractivity contribution is 0.415. The monoisotopic (exact) mass is 319 g/mol. The number of ether oxygens (including phenoxy) is 1. The second-order valence-corrected chi connectivity index (χ2v) is 5.93. The van der Waals surface area contributed by atoms with Crippen LogP contribution >= 0.6 is 0 Å². The molecular formula is C20H21N3O. The summed E-state index contributed by atoms with van der Waals surface area (Å²) in [6.45, 7) is 6.18. The molecule has 0 aliphatic heterocycles. The van der Waals surface area contributed by atoms with Crippen LogP contribution in [0, 0.1) is 20.8 Å². The molecule has 1 heterocycles. The minimum atomic E-state index is 0.835. The van der Waals surface area contributed by atoms with Crippen molar-refractivity contribution >= 4 is 22.8 Å². The molecule has 0 bridgehead atoms. The number of rotatable bonds is 4. The van der Waals surface area contributed by atoms with Crippen LogP contribution in [0.4, 0.5) is 5.69 Å². The Hall–Kier alpha value is -2.88. The van der Waals surface area contributed by atoms with Crippen molar-refractivity contribution in [1.82, 2.24) is 4.98 Å². The molecule has 1 N–H and O–H groups in total. The topological polar surface area (TPSA) is 46.5 Å². The van der Waals surface area contributed by atoms with Gasteiger partial charge in [-0.2, -0.15) is 5.10 Å². The number of hydrogen-bond acceptors (Lipinski definition) is 4. The first-order valence-corrected chi connectivity index (χ1v) is 7.88. The van der Waals surface area contributed by atoms with Crippen molar-refractivity contribution in [3.63, 3.8) is 0 Å². The molecule has 0 radical (unpaired) electrons. The van der Waals surface area contributed by atoms with Gasteiger partial charge >= 0.3 is 0 Å². The Bertz CT molecular complexity index is 899. The highest BCUT2D eigenvalue weighted by molar-refractivity contribution is 5.94. The summed E-state index contributed by atoms with van der Waals surface area (Å²) in [4.78, 5) is 4.66. The molecule has 122 valence electrons. The summed E-state index contributed by atoms with van der Waals surface area (Å²) in [7, 11) is 1.66. The molecule has 4 nitrogen and oxygen atoms in total. The molecule has 3 rings (SSSR count). The van der Waals surface area contributed by atoms with Crippen molar-refractivity contribution in [1.29, 1.82) is 0 Å². The number of aromatic nitrogens is 1. The van der Waals surface area contributed by atoms with Crippen LogP contribution in [0.15, 0.2) is 47.6 Å². The van der Waals surface area contributed by atoms with E-state index in [4.69, 9.17) is 4.74 Å². The Labute approximate surface area is 142 Å². The average molecular weight is 319 g/mol. The van der Waals surface area contributed by atoms with E-state index in [9.17, 15) is 0 Å². The SMILES string of the molecule is COc1ccc(C=NNc2cc(C)nc3c(C)cc(C)cc23)cc1. The van der Waals surface area contributed by atoms with E-state index >= 15 is 0 Å². The van der Waals surface area contributed by atoms with Crippen molar-refractivity contribution < 1.29 is 4.74 Å². The Morgan fingerprint density at radius 2 is 1.79 bits per heavy atom. The molecule has 0 fully saturated rings. The van der Waals surface area contributed by atoms with Gasteiger partial charge in [0.15, 0.2) is 0 Å². The van der Waals surface area contributed by atoms with Crippen LogP contribution in [0.1, 0.15) is 22.4 Å². The molecule has 1 aromatic heterocycles. The minimum Gasteiger partial charge on any atom is -0.497 e. The number of aryl methyl sites for hydroxylation is 3. The number of benzene rings is 2. The van der Waals surface area contributed by atoms with Crippen molar-refractivity contribution in [3.05, 3.63) is 64.8 Å². The minimum absolute atomic E-state index is 0.835. The third-order valence-corrected chi connectivity index (χ3v) is 3.89. The summed E-state index contributed by atoms with van der Waals surface area (Å²) in [5.41, 5.74) is 9.51. The van der Waals surface area contributed by atoms with Gasteiger partial charge in [-0.1, -0.05) is 11.6 Å². The van der Waals surface area contributed by atoms with E-state index in [1.807, 2.05) is 37.3 Å². The Morgan fingerprint density at radius 3 is 2.50 bits per heavy atom. The fourth-order valence-electron chi connectivity index (χ4n) is 2.77. The summed E-state index contributed by atoms with van der Waals surface area (Å²) in [6.07, 6.45) is 1.80. The zero-order valence-electron chi connectivity index (χ0n) is 14.4. The number of anilines is 1. The van der Waals surface area contributed by atoms with Crippen LogP contribution < -0.4 is 10.2 Å². The first kappa shape index (κ1) is 16.0. The van der Waals surface area contributed by atoms with E-state index in [0.29, 0.717) is 0 Å². The molecule has 0 saturated carbocycles. The molecule has 0 spiro atoms. The van der Waals surface area contributed by atoms with E-state index in [-0.39, 0.29) is 0 Å². The van der Waals surface area contributed by atoms with Gasteiger partial charge in [0.25, 0.3) is 0 Å². The Morgan fingerprint density at radius 1 is 1.04 bits per heavy atom. The van der Waals surface area contributed by atoms with Gasteiger partial charge in [-0.15, -0.1) is 0 Å². The number of nitrogens with one attached hydrogen (secondary N) is 1. The molecule has 2 aromatic carbocycles. The third kappa shape index (κ3) is 3.38. The maximum absolute atomic E-state index is 5.16. The van der Waals surface area contributed by atoms with Gasteiger partial charge in [0.05, 0.1) is 24.5 Å². The summed E-state index contributed by atoms with van der Waals surface area (Å²) in [6, 6.07) is 14.1. The number of pyridine rings is 1. The number of methoxy groups -OCH3 is 1. The third-order valence-electron chi connectivity index (χ3n) is 3.89. The predicted molar refractivity (Wildman–Crippen MR) is 100 cm³/mol. The number of fused-ring (bicyclic) bond motifs is 1. The van der Waals surface area contributed by atoms with Crippen molar-refractivity contribution in [3.8, 4) is 5.75 Å². The molecular weight excluding hydrogens is 298 g/mol. The van der Waals surface area contributed by atoms with Crippen LogP contribution in [-0.4, -0.2) is 18.3 Å². The summed E-state index contributed by atoms with van der Waals surface area (Å²) in [5, 5.41) is 5.46. The first-order valence-electron chi connectivity index (χ1n) is 7.88. The Balaban J connectivity index is 1.90. The standard InChI is InChI=1S/C20H21N3O/c1-13-9-14(2)20-18(10-13)19(11-15(3)22-20)23-21-12-16-5-7-17(24-4)8-6-16/h5-12H,1-4H3,(H,22,23). The highest BCUT2D eigenvalue weighted by Gasteiger charge is 2.06. The molecule has 0 atom stereocenters. The quantitative estimate of drug-likeness (QED) is 0.564. The zero-order valence-corrected chi connectivity index (χ0v) is 14.4. The second-order valence-electron chi connectivity index (χ2n) is 5.93. The van der Waals surface area contributed by atoms with Gasteiger partial charge in [0.1, 0.15) is 5.75 Å². The van der Waals surface area contributed by atoms with Crippen LogP contribution in [-0.2, 0) is 0 Å². The molecule has 4 heteroatoms. The lowest BCUT2D eigenvalue weighted by atomic mass is 10.1. The van der Waals surface area contributed by atoms with Crippen molar-refractivity contribution in [2.45, 2.75) is 20.8 Å². The maximum Gasteiger partial charge on any atom is 0.118 e. The highest BCUT2D eigenvalue weighted by atomic mass is 16.5. The molecule has 0 saturated heterocycles. The summed E-state index contributed by atoms with van der Waals surface area (Å²) in [5.74, 6) is 0.835. The van der Waals surface area contributed by atoms with Gasteiger partial charge < -0.3 is 4.74 Å². The molecule has 0 amide bonds. The molecule has 0 aliphatic rings. The van der Waals surface area contributed by atoms with Gasteiger partial charge in [-0.05, 0) is 68.3 Å². The molecule has 0 unspecified atom stereocenters. The van der Waals surface area contributed by atoms with Crippen LogP contribution in [0.25, 0.3) is 10.9 Å². The zero-order chi connectivity index (χ0) is 17.1. The summed E-state index contributed by atoms with van der Waals surface area (Å²) >= 11 is 0. The number of hydrogen-bond donors (Lipinski definition) is 1. The van der Waals surface area contributed by atoms with Gasteiger partial charge in [0, 0.05) is 11.1 Å². The van der Waals surface area contributed by atoms with Crippen molar-refractivity contribution in [2.24, 2.45) is 5.10 Å². The van der Waals surface area contributed by atoms with Crippen LogP contribution in [0.2, 0.25) is 0 Å². The lowest BCUT2D eigenvalue weighted by Gasteiger charge is -2.10. The van der Waals surface area contributed by atoms with E-state index in [1.165, 1.54) is 11.1 Å². The predicted octanol–water partition coefficient (Wildman–Crippen LogP) is 4.61. The normalized spacial score (nSPS) is 11.2. The van der Waals surface area contributed by atoms with Gasteiger partial charge in [0.2, 0.25) is 0 Å².